The van der Waals surface area contributed by atoms with Crippen molar-refractivity contribution in [3.8, 4) is 0 Å². The molecule has 0 spiro atoms. The topological polar surface area (TPSA) is 106 Å². The maximum absolute atomic E-state index is 10.7. The number of hydrogen-bond donors (Lipinski definition) is 4. The zero-order valence-corrected chi connectivity index (χ0v) is 17.7. The van der Waals surface area contributed by atoms with Crippen molar-refractivity contribution in [1.29, 1.82) is 10.8 Å². The standard InChI is InChI=1S/C22H25N5OS/c1-12(13(2)23)17-18-19(29-20(17)24)21(27-11-26-18)25-10-14-4-6-15(7-5-14)22(3,28)16-8-9-16/h4-7,11,16,23-24,28H,8-10H2,1-3H3,(H,25,26,27)/b17-12-,23-13?,24-20?. The molecule has 1 atom stereocenters. The molecule has 1 aliphatic carbocycles. The normalized spacial score (nSPS) is 19.5. The number of rotatable bonds is 6. The van der Waals surface area contributed by atoms with Gasteiger partial charge in [0.1, 0.15) is 17.2 Å². The summed E-state index contributed by atoms with van der Waals surface area (Å²) in [5.74, 6) is 1.07. The molecule has 6 nitrogen and oxygen atoms in total. The number of allylic oxidation sites excluding steroid dienone is 1. The maximum atomic E-state index is 10.7. The van der Waals surface area contributed by atoms with E-state index in [0.29, 0.717) is 29.0 Å². The van der Waals surface area contributed by atoms with Gasteiger partial charge in [-0.05, 0) is 56.2 Å². The molecule has 1 aromatic carbocycles. The van der Waals surface area contributed by atoms with E-state index in [2.05, 4.69) is 15.3 Å². The molecule has 2 aliphatic rings. The molecule has 1 aliphatic heterocycles. The van der Waals surface area contributed by atoms with Crippen molar-refractivity contribution in [2.45, 2.75) is 50.7 Å². The Balaban J connectivity index is 1.53. The molecule has 29 heavy (non-hydrogen) atoms. The average molecular weight is 408 g/mol. The van der Waals surface area contributed by atoms with Crippen LogP contribution in [0.4, 0.5) is 5.82 Å². The van der Waals surface area contributed by atoms with Gasteiger partial charge >= 0.3 is 0 Å². The predicted octanol–water partition coefficient (Wildman–Crippen LogP) is 4.60. The minimum atomic E-state index is -0.746. The van der Waals surface area contributed by atoms with Crippen LogP contribution < -0.4 is 5.32 Å². The lowest BCUT2D eigenvalue weighted by Gasteiger charge is -2.23. The van der Waals surface area contributed by atoms with Gasteiger partial charge < -0.3 is 15.8 Å². The van der Waals surface area contributed by atoms with Gasteiger partial charge in [0.05, 0.1) is 16.2 Å². The maximum Gasteiger partial charge on any atom is 0.144 e. The fourth-order valence-electron chi connectivity index (χ4n) is 3.60. The SMILES string of the molecule is CC(=N)/C(C)=C1\C(=N)Sc2c(NCc3ccc(C(C)(O)C4CC4)cc3)ncnc21. The van der Waals surface area contributed by atoms with Crippen LogP contribution in [0.2, 0.25) is 0 Å². The molecule has 2 aromatic rings. The lowest BCUT2D eigenvalue weighted by molar-refractivity contribution is 0.0331. The van der Waals surface area contributed by atoms with Gasteiger partial charge in [-0.1, -0.05) is 36.0 Å². The van der Waals surface area contributed by atoms with E-state index in [0.717, 1.165) is 45.7 Å². The number of nitrogens with zero attached hydrogens (tertiary/aromatic N) is 2. The Morgan fingerprint density at radius 1 is 1.24 bits per heavy atom. The highest BCUT2D eigenvalue weighted by Crippen LogP contribution is 2.46. The molecule has 4 N–H and O–H groups in total. The summed E-state index contributed by atoms with van der Waals surface area (Å²) in [5.41, 5.74) is 3.95. The number of aromatic nitrogens is 2. The zero-order chi connectivity index (χ0) is 20.8. The number of aliphatic hydroxyl groups is 1. The summed E-state index contributed by atoms with van der Waals surface area (Å²) in [5, 5.41) is 30.7. The fraction of sp³-hybridized carbons (Fsp3) is 0.364. The minimum Gasteiger partial charge on any atom is -0.385 e. The Hall–Kier alpha value is -2.51. The van der Waals surface area contributed by atoms with Crippen molar-refractivity contribution in [2.24, 2.45) is 5.92 Å². The Bertz CT molecular complexity index is 1020. The summed E-state index contributed by atoms with van der Waals surface area (Å²) in [6.07, 6.45) is 3.69. The summed E-state index contributed by atoms with van der Waals surface area (Å²) in [4.78, 5) is 9.58. The van der Waals surface area contributed by atoms with Gasteiger partial charge in [0.15, 0.2) is 0 Å². The summed E-state index contributed by atoms with van der Waals surface area (Å²) in [7, 11) is 0. The number of anilines is 1. The molecule has 4 rings (SSSR count). The molecule has 0 saturated heterocycles. The van der Waals surface area contributed by atoms with Gasteiger partial charge in [-0.15, -0.1) is 0 Å². The second-order valence-corrected chi connectivity index (χ2v) is 8.95. The second kappa shape index (κ2) is 7.39. The third kappa shape index (κ3) is 3.72. The first-order valence-corrected chi connectivity index (χ1v) is 10.5. The number of nitrogens with one attached hydrogen (secondary N) is 3. The Morgan fingerprint density at radius 3 is 2.55 bits per heavy atom. The first-order valence-electron chi connectivity index (χ1n) is 9.73. The van der Waals surface area contributed by atoms with Gasteiger partial charge in [0.2, 0.25) is 0 Å². The summed E-state index contributed by atoms with van der Waals surface area (Å²) in [6, 6.07) is 8.07. The Kier molecular flexibility index (Phi) is 5.04. The van der Waals surface area contributed by atoms with Crippen LogP contribution in [0.25, 0.3) is 5.57 Å². The van der Waals surface area contributed by atoms with Crippen molar-refractivity contribution in [3.05, 3.63) is 53.0 Å². The second-order valence-electron chi connectivity index (χ2n) is 7.93. The monoisotopic (exact) mass is 407 g/mol. The van der Waals surface area contributed by atoms with Crippen LogP contribution in [0.1, 0.15) is 50.4 Å². The van der Waals surface area contributed by atoms with E-state index >= 15 is 0 Å². The van der Waals surface area contributed by atoms with Crippen molar-refractivity contribution in [1.82, 2.24) is 9.97 Å². The third-order valence-electron chi connectivity index (χ3n) is 5.78. The Labute approximate surface area is 174 Å². The van der Waals surface area contributed by atoms with Crippen molar-refractivity contribution in [3.63, 3.8) is 0 Å². The van der Waals surface area contributed by atoms with Crippen molar-refractivity contribution >= 4 is 33.9 Å². The Morgan fingerprint density at radius 2 is 1.93 bits per heavy atom. The van der Waals surface area contributed by atoms with Crippen LogP contribution in [0, 0.1) is 16.7 Å². The highest BCUT2D eigenvalue weighted by Gasteiger charge is 2.41. The van der Waals surface area contributed by atoms with E-state index in [1.54, 1.807) is 6.92 Å². The molecule has 7 heteroatoms. The van der Waals surface area contributed by atoms with Gasteiger partial charge in [-0.3, -0.25) is 5.41 Å². The van der Waals surface area contributed by atoms with Crippen LogP contribution in [0.15, 0.2) is 41.1 Å². The van der Waals surface area contributed by atoms with Crippen LogP contribution in [-0.2, 0) is 12.1 Å². The summed E-state index contributed by atoms with van der Waals surface area (Å²) < 4.78 is 0. The van der Waals surface area contributed by atoms with Gasteiger partial charge in [-0.25, -0.2) is 9.97 Å². The summed E-state index contributed by atoms with van der Waals surface area (Å²) in [6.45, 7) is 6.07. The molecular formula is C22H25N5OS. The van der Waals surface area contributed by atoms with E-state index in [4.69, 9.17) is 10.8 Å². The third-order valence-corrected chi connectivity index (χ3v) is 6.78. The van der Waals surface area contributed by atoms with Gasteiger partial charge in [0, 0.05) is 17.8 Å². The molecule has 1 aromatic heterocycles. The van der Waals surface area contributed by atoms with Gasteiger partial charge in [0.25, 0.3) is 0 Å². The van der Waals surface area contributed by atoms with E-state index in [1.807, 2.05) is 38.1 Å². The average Bonchev–Trinajstić information content (AvgIpc) is 3.49. The molecule has 1 unspecified atom stereocenters. The molecule has 150 valence electrons. The van der Waals surface area contributed by atoms with Gasteiger partial charge in [-0.2, -0.15) is 0 Å². The number of benzene rings is 1. The molecule has 0 radical (unpaired) electrons. The molecule has 0 bridgehead atoms. The fourth-order valence-corrected chi connectivity index (χ4v) is 4.63. The molecular weight excluding hydrogens is 382 g/mol. The number of hydrogen-bond acceptors (Lipinski definition) is 7. The number of thioether (sulfide) groups is 1. The summed E-state index contributed by atoms with van der Waals surface area (Å²) >= 11 is 1.33. The number of fused-ring (bicyclic) bond motifs is 1. The minimum absolute atomic E-state index is 0.373. The van der Waals surface area contributed by atoms with E-state index < -0.39 is 5.60 Å². The van der Waals surface area contributed by atoms with Crippen LogP contribution in [-0.4, -0.2) is 25.8 Å². The van der Waals surface area contributed by atoms with Crippen LogP contribution >= 0.6 is 11.8 Å². The predicted molar refractivity (Wildman–Crippen MR) is 118 cm³/mol. The molecule has 2 heterocycles. The van der Waals surface area contributed by atoms with Crippen LogP contribution in [0.3, 0.4) is 0 Å². The van der Waals surface area contributed by atoms with E-state index in [1.165, 1.54) is 18.1 Å². The molecule has 0 amide bonds. The largest absolute Gasteiger partial charge is 0.385 e. The van der Waals surface area contributed by atoms with E-state index in [9.17, 15) is 5.11 Å². The zero-order valence-electron chi connectivity index (χ0n) is 16.8. The lowest BCUT2D eigenvalue weighted by atomic mass is 9.90. The molecule has 1 fully saturated rings. The van der Waals surface area contributed by atoms with E-state index in [-0.39, 0.29) is 0 Å². The van der Waals surface area contributed by atoms with Crippen LogP contribution in [0.5, 0.6) is 0 Å². The lowest BCUT2D eigenvalue weighted by Crippen LogP contribution is -2.23. The highest BCUT2D eigenvalue weighted by molar-refractivity contribution is 8.15. The smallest absolute Gasteiger partial charge is 0.144 e. The first kappa shape index (κ1) is 19.8. The van der Waals surface area contributed by atoms with Crippen molar-refractivity contribution in [2.75, 3.05) is 5.32 Å². The first-order chi connectivity index (χ1) is 13.8. The molecule has 1 saturated carbocycles. The van der Waals surface area contributed by atoms with Crippen molar-refractivity contribution < 1.29 is 5.11 Å². The highest BCUT2D eigenvalue weighted by atomic mass is 32.2. The quantitative estimate of drug-likeness (QED) is 0.524.